The summed E-state index contributed by atoms with van der Waals surface area (Å²) in [6.45, 7) is 6.02. The number of nitrogens with one attached hydrogen (secondary N) is 2. The van der Waals surface area contributed by atoms with Gasteiger partial charge in [-0.25, -0.2) is 13.1 Å². The van der Waals surface area contributed by atoms with Crippen molar-refractivity contribution in [1.29, 1.82) is 0 Å². The number of hydrogen-bond acceptors (Lipinski definition) is 3. The standard InChI is InChI=1S/C18H21ClN2O3S/c1-12(2)11-20-25(23,24)15-9-7-14(8-10-15)18(22)21-17-6-4-5-16(19)13(17)3/h4-10,12,20H,11H2,1-3H3,(H,21,22). The van der Waals surface area contributed by atoms with Crippen LogP contribution in [-0.2, 0) is 10.0 Å². The first-order valence-corrected chi connectivity index (χ1v) is 9.73. The minimum Gasteiger partial charge on any atom is -0.322 e. The number of rotatable bonds is 6. The van der Waals surface area contributed by atoms with Crippen molar-refractivity contribution >= 4 is 33.2 Å². The Morgan fingerprint density at radius 2 is 1.76 bits per heavy atom. The zero-order valence-electron chi connectivity index (χ0n) is 14.3. The van der Waals surface area contributed by atoms with E-state index >= 15 is 0 Å². The summed E-state index contributed by atoms with van der Waals surface area (Å²) in [5.74, 6) is -0.120. The van der Waals surface area contributed by atoms with Gasteiger partial charge in [-0.1, -0.05) is 31.5 Å². The van der Waals surface area contributed by atoms with Crippen LogP contribution in [0.5, 0.6) is 0 Å². The van der Waals surface area contributed by atoms with E-state index in [0.717, 1.165) is 5.56 Å². The van der Waals surface area contributed by atoms with E-state index in [4.69, 9.17) is 11.6 Å². The summed E-state index contributed by atoms with van der Waals surface area (Å²) < 4.78 is 26.9. The maximum Gasteiger partial charge on any atom is 0.255 e. The molecule has 0 heterocycles. The number of hydrogen-bond donors (Lipinski definition) is 2. The molecule has 7 heteroatoms. The lowest BCUT2D eigenvalue weighted by Crippen LogP contribution is -2.27. The monoisotopic (exact) mass is 380 g/mol. The van der Waals surface area contributed by atoms with E-state index in [1.165, 1.54) is 24.3 Å². The predicted octanol–water partition coefficient (Wildman–Crippen LogP) is 3.84. The van der Waals surface area contributed by atoms with Crippen molar-refractivity contribution in [2.45, 2.75) is 25.7 Å². The molecule has 0 bridgehead atoms. The fourth-order valence-corrected chi connectivity index (χ4v) is 3.47. The molecule has 134 valence electrons. The summed E-state index contributed by atoms with van der Waals surface area (Å²) in [7, 11) is -3.57. The first-order valence-electron chi connectivity index (χ1n) is 7.87. The van der Waals surface area contributed by atoms with Gasteiger partial charge in [0.1, 0.15) is 0 Å². The normalized spacial score (nSPS) is 11.6. The van der Waals surface area contributed by atoms with Crippen LogP contribution in [0.2, 0.25) is 5.02 Å². The molecule has 0 spiro atoms. The van der Waals surface area contributed by atoms with Crippen molar-refractivity contribution in [1.82, 2.24) is 4.72 Å². The fourth-order valence-electron chi connectivity index (χ4n) is 2.08. The molecule has 1 amide bonds. The van der Waals surface area contributed by atoms with Gasteiger partial charge in [-0.15, -0.1) is 0 Å². The Bertz CT molecular complexity index is 862. The number of amides is 1. The van der Waals surface area contributed by atoms with Crippen molar-refractivity contribution in [3.63, 3.8) is 0 Å². The van der Waals surface area contributed by atoms with E-state index in [0.29, 0.717) is 22.8 Å². The number of sulfonamides is 1. The largest absolute Gasteiger partial charge is 0.322 e. The van der Waals surface area contributed by atoms with Crippen LogP contribution < -0.4 is 10.0 Å². The molecule has 0 aliphatic rings. The maximum absolute atomic E-state index is 12.3. The lowest BCUT2D eigenvalue weighted by atomic mass is 10.1. The highest BCUT2D eigenvalue weighted by atomic mass is 35.5. The van der Waals surface area contributed by atoms with Crippen molar-refractivity contribution < 1.29 is 13.2 Å². The lowest BCUT2D eigenvalue weighted by molar-refractivity contribution is 0.102. The summed E-state index contributed by atoms with van der Waals surface area (Å²) in [6, 6.07) is 11.1. The number of halogens is 1. The van der Waals surface area contributed by atoms with Gasteiger partial charge in [-0.3, -0.25) is 4.79 Å². The molecule has 0 atom stereocenters. The maximum atomic E-state index is 12.3. The Kier molecular flexibility index (Phi) is 6.21. The molecule has 2 aromatic rings. The van der Waals surface area contributed by atoms with Gasteiger partial charge in [-0.05, 0) is 54.8 Å². The number of benzene rings is 2. The van der Waals surface area contributed by atoms with Crippen LogP contribution in [0.25, 0.3) is 0 Å². The summed E-state index contributed by atoms with van der Waals surface area (Å²) in [5, 5.41) is 3.34. The quantitative estimate of drug-likeness (QED) is 0.799. The Hall–Kier alpha value is -1.89. The first-order chi connectivity index (χ1) is 11.7. The second-order valence-electron chi connectivity index (χ2n) is 6.14. The van der Waals surface area contributed by atoms with Gasteiger partial charge in [-0.2, -0.15) is 0 Å². The average Bonchev–Trinajstić information content (AvgIpc) is 2.57. The minimum atomic E-state index is -3.57. The molecule has 0 aliphatic heterocycles. The highest BCUT2D eigenvalue weighted by molar-refractivity contribution is 7.89. The summed E-state index contributed by atoms with van der Waals surface area (Å²) in [6.07, 6.45) is 0. The average molecular weight is 381 g/mol. The topological polar surface area (TPSA) is 75.3 Å². The highest BCUT2D eigenvalue weighted by Gasteiger charge is 2.15. The van der Waals surface area contributed by atoms with Crippen LogP contribution in [-0.4, -0.2) is 20.9 Å². The van der Waals surface area contributed by atoms with E-state index in [1.54, 1.807) is 18.2 Å². The Morgan fingerprint density at radius 3 is 2.36 bits per heavy atom. The fraction of sp³-hybridized carbons (Fsp3) is 0.278. The van der Waals surface area contributed by atoms with Crippen LogP contribution >= 0.6 is 11.6 Å². The van der Waals surface area contributed by atoms with E-state index < -0.39 is 10.0 Å². The van der Waals surface area contributed by atoms with E-state index in [9.17, 15) is 13.2 Å². The third kappa shape index (κ3) is 5.04. The third-order valence-corrected chi connectivity index (χ3v) is 5.47. The van der Waals surface area contributed by atoms with E-state index in [1.807, 2.05) is 20.8 Å². The van der Waals surface area contributed by atoms with Gasteiger partial charge in [0.15, 0.2) is 0 Å². The Labute approximate surface area is 153 Å². The zero-order chi connectivity index (χ0) is 18.6. The van der Waals surface area contributed by atoms with Gasteiger partial charge >= 0.3 is 0 Å². The molecular formula is C18H21ClN2O3S. The van der Waals surface area contributed by atoms with Crippen molar-refractivity contribution in [2.24, 2.45) is 5.92 Å². The predicted molar refractivity (Wildman–Crippen MR) is 101 cm³/mol. The number of carbonyl (C=O) groups is 1. The third-order valence-electron chi connectivity index (χ3n) is 3.62. The first kappa shape index (κ1) is 19.4. The van der Waals surface area contributed by atoms with E-state index in [-0.39, 0.29) is 16.7 Å². The molecule has 0 radical (unpaired) electrons. The summed E-state index contributed by atoms with van der Waals surface area (Å²) >= 11 is 6.04. The molecule has 0 aliphatic carbocycles. The molecule has 2 rings (SSSR count). The summed E-state index contributed by atoms with van der Waals surface area (Å²) in [4.78, 5) is 12.5. The van der Waals surface area contributed by atoms with Gasteiger partial charge in [0, 0.05) is 22.8 Å². The molecule has 0 unspecified atom stereocenters. The molecule has 5 nitrogen and oxygen atoms in total. The van der Waals surface area contributed by atoms with Crippen molar-refractivity contribution in [2.75, 3.05) is 11.9 Å². The van der Waals surface area contributed by atoms with Crippen molar-refractivity contribution in [3.05, 3.63) is 58.6 Å². The second kappa shape index (κ2) is 7.99. The molecule has 0 fully saturated rings. The van der Waals surface area contributed by atoms with Crippen LogP contribution in [0.3, 0.4) is 0 Å². The second-order valence-corrected chi connectivity index (χ2v) is 8.31. The van der Waals surface area contributed by atoms with Gasteiger partial charge in [0.05, 0.1) is 4.90 Å². The molecule has 0 aromatic heterocycles. The number of anilines is 1. The lowest BCUT2D eigenvalue weighted by Gasteiger charge is -2.11. The van der Waals surface area contributed by atoms with Crippen molar-refractivity contribution in [3.8, 4) is 0 Å². The SMILES string of the molecule is Cc1c(Cl)cccc1NC(=O)c1ccc(S(=O)(=O)NCC(C)C)cc1. The zero-order valence-corrected chi connectivity index (χ0v) is 15.9. The van der Waals surface area contributed by atoms with Gasteiger partial charge in [0.2, 0.25) is 10.0 Å². The molecule has 2 aromatic carbocycles. The molecule has 0 saturated carbocycles. The van der Waals surface area contributed by atoms with Gasteiger partial charge < -0.3 is 5.32 Å². The van der Waals surface area contributed by atoms with Gasteiger partial charge in [0.25, 0.3) is 5.91 Å². The molecule has 0 saturated heterocycles. The smallest absolute Gasteiger partial charge is 0.255 e. The van der Waals surface area contributed by atoms with Crippen LogP contribution in [0.1, 0.15) is 29.8 Å². The molecular weight excluding hydrogens is 360 g/mol. The van der Waals surface area contributed by atoms with Crippen LogP contribution in [0, 0.1) is 12.8 Å². The highest BCUT2D eigenvalue weighted by Crippen LogP contribution is 2.23. The van der Waals surface area contributed by atoms with Crippen LogP contribution in [0.4, 0.5) is 5.69 Å². The van der Waals surface area contributed by atoms with E-state index in [2.05, 4.69) is 10.0 Å². The summed E-state index contributed by atoms with van der Waals surface area (Å²) in [5.41, 5.74) is 1.75. The molecule has 2 N–H and O–H groups in total. The minimum absolute atomic E-state index is 0.128. The number of carbonyl (C=O) groups excluding carboxylic acids is 1. The Morgan fingerprint density at radius 1 is 1.12 bits per heavy atom. The van der Waals surface area contributed by atoms with Crippen LogP contribution in [0.15, 0.2) is 47.4 Å². The Balaban J connectivity index is 2.14. The molecule has 25 heavy (non-hydrogen) atoms.